The minimum Gasteiger partial charge on any atom is -0.374 e. The number of likely N-dealkylation sites (N-methyl/N-ethyl adjacent to an activating group) is 1. The van der Waals surface area contributed by atoms with Crippen molar-refractivity contribution in [3.05, 3.63) is 35.9 Å². The molecule has 1 atom stereocenters. The maximum atomic E-state index is 12.5. The summed E-state index contributed by atoms with van der Waals surface area (Å²) in [5.41, 5.74) is 2.10. The molecule has 1 unspecified atom stereocenters. The molecule has 1 aromatic rings. The first-order valence-corrected chi connectivity index (χ1v) is 8.54. The molecule has 0 N–H and O–H groups in total. The zero-order valence-electron chi connectivity index (χ0n) is 14.5. The summed E-state index contributed by atoms with van der Waals surface area (Å²) >= 11 is 0. The van der Waals surface area contributed by atoms with Crippen LogP contribution in [-0.2, 0) is 9.53 Å². The number of nitrogens with zero attached hydrogens (tertiary/aromatic N) is 4. The number of hydrazone groups is 1. The number of carbonyl (C=O) groups is 1. The van der Waals surface area contributed by atoms with Crippen molar-refractivity contribution in [2.45, 2.75) is 12.5 Å². The van der Waals surface area contributed by atoms with E-state index < -0.39 is 0 Å². The van der Waals surface area contributed by atoms with Crippen LogP contribution < -0.4 is 0 Å². The summed E-state index contributed by atoms with van der Waals surface area (Å²) in [5.74, 6) is 0.0754. The Morgan fingerprint density at radius 3 is 2.83 bits per heavy atom. The van der Waals surface area contributed by atoms with E-state index in [1.807, 2.05) is 44.4 Å². The highest BCUT2D eigenvalue weighted by atomic mass is 16.5. The molecule has 0 radical (unpaired) electrons. The highest BCUT2D eigenvalue weighted by molar-refractivity contribution is 6.02. The van der Waals surface area contributed by atoms with E-state index in [1.165, 1.54) is 0 Å². The molecule has 1 amide bonds. The first-order valence-electron chi connectivity index (χ1n) is 8.54. The Morgan fingerprint density at radius 2 is 2.08 bits per heavy atom. The van der Waals surface area contributed by atoms with Crippen molar-refractivity contribution < 1.29 is 9.53 Å². The Labute approximate surface area is 143 Å². The zero-order chi connectivity index (χ0) is 16.9. The zero-order valence-corrected chi connectivity index (χ0v) is 14.5. The van der Waals surface area contributed by atoms with Gasteiger partial charge in [-0.05, 0) is 19.7 Å². The third kappa shape index (κ3) is 4.41. The molecule has 130 valence electrons. The van der Waals surface area contributed by atoms with Gasteiger partial charge >= 0.3 is 0 Å². The first kappa shape index (κ1) is 17.1. The Hall–Kier alpha value is -1.76. The molecular weight excluding hydrogens is 304 g/mol. The summed E-state index contributed by atoms with van der Waals surface area (Å²) in [6, 6.07) is 10.1. The molecule has 6 heteroatoms. The van der Waals surface area contributed by atoms with Crippen molar-refractivity contribution in [3.63, 3.8) is 0 Å². The molecule has 0 saturated carbocycles. The minimum atomic E-state index is 0.0754. The maximum Gasteiger partial charge on any atom is 0.256 e. The first-order chi connectivity index (χ1) is 11.6. The van der Waals surface area contributed by atoms with Gasteiger partial charge in [-0.3, -0.25) is 9.69 Å². The van der Waals surface area contributed by atoms with E-state index in [-0.39, 0.29) is 12.0 Å². The van der Waals surface area contributed by atoms with Crippen molar-refractivity contribution in [1.29, 1.82) is 0 Å². The molecule has 2 aliphatic heterocycles. The van der Waals surface area contributed by atoms with Crippen LogP contribution >= 0.6 is 0 Å². The summed E-state index contributed by atoms with van der Waals surface area (Å²) in [6.45, 7) is 4.26. The molecule has 0 spiro atoms. The van der Waals surface area contributed by atoms with Crippen molar-refractivity contribution in [2.24, 2.45) is 5.10 Å². The Kier molecular flexibility index (Phi) is 5.60. The summed E-state index contributed by atoms with van der Waals surface area (Å²) in [7, 11) is 4.08. The van der Waals surface area contributed by atoms with E-state index in [4.69, 9.17) is 4.74 Å². The summed E-state index contributed by atoms with van der Waals surface area (Å²) in [4.78, 5) is 16.8. The minimum absolute atomic E-state index is 0.0754. The largest absolute Gasteiger partial charge is 0.374 e. The van der Waals surface area contributed by atoms with E-state index in [1.54, 1.807) is 5.01 Å². The topological polar surface area (TPSA) is 48.4 Å². The summed E-state index contributed by atoms with van der Waals surface area (Å²) in [5, 5.41) is 6.15. The second-order valence-electron chi connectivity index (χ2n) is 6.67. The van der Waals surface area contributed by atoms with Crippen LogP contribution in [0.1, 0.15) is 12.0 Å². The van der Waals surface area contributed by atoms with Crippen LogP contribution in [0.2, 0.25) is 0 Å². The summed E-state index contributed by atoms with van der Waals surface area (Å²) < 4.78 is 5.77. The van der Waals surface area contributed by atoms with Gasteiger partial charge in [0.15, 0.2) is 0 Å². The molecule has 2 heterocycles. The predicted molar refractivity (Wildman–Crippen MR) is 94.0 cm³/mol. The predicted octanol–water partition coefficient (Wildman–Crippen LogP) is 0.885. The molecule has 3 rings (SSSR count). The number of benzene rings is 1. The van der Waals surface area contributed by atoms with Crippen molar-refractivity contribution in [1.82, 2.24) is 14.8 Å². The second-order valence-corrected chi connectivity index (χ2v) is 6.67. The van der Waals surface area contributed by atoms with Crippen LogP contribution in [0, 0.1) is 0 Å². The van der Waals surface area contributed by atoms with Crippen molar-refractivity contribution in [3.8, 4) is 0 Å². The van der Waals surface area contributed by atoms with E-state index in [9.17, 15) is 4.79 Å². The van der Waals surface area contributed by atoms with Crippen LogP contribution in [0.15, 0.2) is 35.4 Å². The average molecular weight is 330 g/mol. The maximum absolute atomic E-state index is 12.5. The number of rotatable bonds is 5. The molecule has 0 aliphatic carbocycles. The molecule has 0 bridgehead atoms. The average Bonchev–Trinajstić information content (AvgIpc) is 3.05. The third-order valence-corrected chi connectivity index (χ3v) is 4.35. The Bertz CT molecular complexity index is 588. The smallest absolute Gasteiger partial charge is 0.256 e. The van der Waals surface area contributed by atoms with Gasteiger partial charge in [0.05, 0.1) is 31.5 Å². The SMILES string of the molecule is CN(C)CC1CN(CC(=O)N2CCC(c3ccccc3)=N2)CCO1. The lowest BCUT2D eigenvalue weighted by Crippen LogP contribution is -2.49. The Morgan fingerprint density at radius 1 is 1.29 bits per heavy atom. The van der Waals surface area contributed by atoms with Gasteiger partial charge in [-0.15, -0.1) is 0 Å². The van der Waals surface area contributed by atoms with Crippen LogP contribution in [0.25, 0.3) is 0 Å². The quantitative estimate of drug-likeness (QED) is 0.804. The van der Waals surface area contributed by atoms with Crippen molar-refractivity contribution in [2.75, 3.05) is 53.4 Å². The van der Waals surface area contributed by atoms with E-state index in [0.717, 1.165) is 37.3 Å². The fraction of sp³-hybridized carbons (Fsp3) is 0.556. The number of carbonyl (C=O) groups excluding carboxylic acids is 1. The fourth-order valence-electron chi connectivity index (χ4n) is 3.19. The standard InChI is InChI=1S/C18H26N4O2/c1-20(2)12-16-13-21(10-11-24-16)14-18(23)22-9-8-17(19-22)15-6-4-3-5-7-15/h3-7,16H,8-14H2,1-2H3. The van der Waals surface area contributed by atoms with Gasteiger partial charge in [0.25, 0.3) is 5.91 Å². The van der Waals surface area contributed by atoms with Gasteiger partial charge in [-0.1, -0.05) is 30.3 Å². The molecule has 1 saturated heterocycles. The van der Waals surface area contributed by atoms with Crippen LogP contribution in [-0.4, -0.2) is 86.0 Å². The van der Waals surface area contributed by atoms with Gasteiger partial charge in [0.2, 0.25) is 0 Å². The van der Waals surface area contributed by atoms with Crippen molar-refractivity contribution >= 4 is 11.6 Å². The third-order valence-electron chi connectivity index (χ3n) is 4.35. The van der Waals surface area contributed by atoms with Gasteiger partial charge in [0.1, 0.15) is 0 Å². The molecular formula is C18H26N4O2. The number of ether oxygens (including phenoxy) is 1. The molecule has 1 fully saturated rings. The molecule has 1 aromatic carbocycles. The number of amides is 1. The summed E-state index contributed by atoms with van der Waals surface area (Å²) in [6.07, 6.45) is 0.991. The van der Waals surface area contributed by atoms with Crippen LogP contribution in [0.5, 0.6) is 0 Å². The molecule has 2 aliphatic rings. The molecule has 24 heavy (non-hydrogen) atoms. The number of hydrogen-bond acceptors (Lipinski definition) is 5. The lowest BCUT2D eigenvalue weighted by Gasteiger charge is -2.34. The lowest BCUT2D eigenvalue weighted by molar-refractivity contribution is -0.134. The van der Waals surface area contributed by atoms with Crippen LogP contribution in [0.4, 0.5) is 0 Å². The number of morpholine rings is 1. The van der Waals surface area contributed by atoms with E-state index >= 15 is 0 Å². The normalized spacial score (nSPS) is 22.0. The van der Waals surface area contributed by atoms with E-state index in [0.29, 0.717) is 19.7 Å². The van der Waals surface area contributed by atoms with Gasteiger partial charge < -0.3 is 9.64 Å². The number of hydrogen-bond donors (Lipinski definition) is 0. The second kappa shape index (κ2) is 7.88. The molecule has 6 nitrogen and oxygen atoms in total. The molecule has 0 aromatic heterocycles. The van der Waals surface area contributed by atoms with Gasteiger partial charge in [-0.25, -0.2) is 5.01 Å². The van der Waals surface area contributed by atoms with Gasteiger partial charge in [-0.2, -0.15) is 5.10 Å². The lowest BCUT2D eigenvalue weighted by atomic mass is 10.1. The van der Waals surface area contributed by atoms with Gasteiger partial charge in [0, 0.05) is 26.1 Å². The highest BCUT2D eigenvalue weighted by Crippen LogP contribution is 2.14. The highest BCUT2D eigenvalue weighted by Gasteiger charge is 2.26. The van der Waals surface area contributed by atoms with Crippen LogP contribution in [0.3, 0.4) is 0 Å². The van der Waals surface area contributed by atoms with E-state index in [2.05, 4.69) is 14.9 Å². The Balaban J connectivity index is 1.55. The monoisotopic (exact) mass is 330 g/mol. The fourth-order valence-corrected chi connectivity index (χ4v) is 3.19.